The predicted octanol–water partition coefficient (Wildman–Crippen LogP) is 3.31. The average Bonchev–Trinajstić information content (AvgIpc) is 2.53. The molecule has 0 atom stereocenters. The number of carbonyl (C=O) groups excluding carboxylic acids is 1. The van der Waals surface area contributed by atoms with Crippen LogP contribution >= 0.6 is 11.8 Å². The summed E-state index contributed by atoms with van der Waals surface area (Å²) in [7, 11) is 0. The molecule has 2 amide bonds. The number of carbonyl (C=O) groups is 1. The Hall–Kier alpha value is -2.01. The standard InChI is InChI=1S/C16H19N3OS/c1-21-10-8-13-4-6-15(7-5-13)19-16(20)18-12-14-3-2-9-17-11-14/h2-7,9,11H,8,10,12H2,1H3,(H2,18,19,20). The molecule has 21 heavy (non-hydrogen) atoms. The van der Waals surface area contributed by atoms with Crippen molar-refractivity contribution in [3.8, 4) is 0 Å². The molecule has 0 aliphatic carbocycles. The lowest BCUT2D eigenvalue weighted by molar-refractivity contribution is 0.251. The zero-order chi connectivity index (χ0) is 14.9. The van der Waals surface area contributed by atoms with Crippen molar-refractivity contribution in [1.82, 2.24) is 10.3 Å². The zero-order valence-electron chi connectivity index (χ0n) is 12.0. The lowest BCUT2D eigenvalue weighted by Gasteiger charge is -2.08. The van der Waals surface area contributed by atoms with Gasteiger partial charge in [-0.1, -0.05) is 18.2 Å². The minimum Gasteiger partial charge on any atom is -0.334 e. The van der Waals surface area contributed by atoms with Gasteiger partial charge in [-0.25, -0.2) is 4.79 Å². The van der Waals surface area contributed by atoms with Gasteiger partial charge < -0.3 is 10.6 Å². The Morgan fingerprint density at radius 1 is 1.19 bits per heavy atom. The van der Waals surface area contributed by atoms with Crippen molar-refractivity contribution < 1.29 is 4.79 Å². The highest BCUT2D eigenvalue weighted by molar-refractivity contribution is 7.98. The van der Waals surface area contributed by atoms with Crippen LogP contribution in [0.1, 0.15) is 11.1 Å². The van der Waals surface area contributed by atoms with Crippen molar-refractivity contribution in [3.05, 3.63) is 59.9 Å². The second kappa shape index (κ2) is 8.32. The molecule has 5 heteroatoms. The number of aryl methyl sites for hydroxylation is 1. The van der Waals surface area contributed by atoms with Crippen LogP contribution in [0.5, 0.6) is 0 Å². The van der Waals surface area contributed by atoms with Crippen LogP contribution in [0.2, 0.25) is 0 Å². The first kappa shape index (κ1) is 15.4. The van der Waals surface area contributed by atoms with Crippen molar-refractivity contribution in [2.45, 2.75) is 13.0 Å². The number of nitrogens with one attached hydrogen (secondary N) is 2. The Bertz CT molecular complexity index is 557. The number of hydrogen-bond donors (Lipinski definition) is 2. The van der Waals surface area contributed by atoms with E-state index in [1.54, 1.807) is 12.4 Å². The Kier molecular flexibility index (Phi) is 6.09. The van der Waals surface area contributed by atoms with Gasteiger partial charge in [-0.15, -0.1) is 0 Å². The summed E-state index contributed by atoms with van der Waals surface area (Å²) in [5, 5.41) is 5.62. The number of rotatable bonds is 6. The number of anilines is 1. The van der Waals surface area contributed by atoms with Gasteiger partial charge in [0.25, 0.3) is 0 Å². The van der Waals surface area contributed by atoms with E-state index in [0.29, 0.717) is 6.54 Å². The van der Waals surface area contributed by atoms with Crippen LogP contribution < -0.4 is 10.6 Å². The lowest BCUT2D eigenvalue weighted by Crippen LogP contribution is -2.28. The fourth-order valence-electron chi connectivity index (χ4n) is 1.83. The number of amides is 2. The van der Waals surface area contributed by atoms with Gasteiger partial charge in [0.15, 0.2) is 0 Å². The van der Waals surface area contributed by atoms with Gasteiger partial charge >= 0.3 is 6.03 Å². The van der Waals surface area contributed by atoms with Crippen LogP contribution in [0.25, 0.3) is 0 Å². The third kappa shape index (κ3) is 5.47. The fourth-order valence-corrected chi connectivity index (χ4v) is 2.27. The Morgan fingerprint density at radius 2 is 2.00 bits per heavy atom. The Morgan fingerprint density at radius 3 is 2.67 bits per heavy atom. The molecule has 0 spiro atoms. The highest BCUT2D eigenvalue weighted by Gasteiger charge is 2.02. The summed E-state index contributed by atoms with van der Waals surface area (Å²) in [5.41, 5.74) is 3.05. The van der Waals surface area contributed by atoms with Gasteiger partial charge in [-0.2, -0.15) is 11.8 Å². The third-order valence-electron chi connectivity index (χ3n) is 2.98. The maximum atomic E-state index is 11.8. The Balaban J connectivity index is 1.79. The average molecular weight is 301 g/mol. The molecule has 2 rings (SSSR count). The molecule has 0 fully saturated rings. The number of nitrogens with zero attached hydrogens (tertiary/aromatic N) is 1. The lowest BCUT2D eigenvalue weighted by atomic mass is 10.1. The van der Waals surface area contributed by atoms with E-state index in [4.69, 9.17) is 0 Å². The highest BCUT2D eigenvalue weighted by Crippen LogP contribution is 2.11. The zero-order valence-corrected chi connectivity index (χ0v) is 12.8. The summed E-state index contributed by atoms with van der Waals surface area (Å²) in [6.07, 6.45) is 6.60. The van der Waals surface area contributed by atoms with Crippen LogP contribution in [0.4, 0.5) is 10.5 Å². The van der Waals surface area contributed by atoms with Crippen LogP contribution in [0, 0.1) is 0 Å². The van der Waals surface area contributed by atoms with E-state index < -0.39 is 0 Å². The molecular formula is C16H19N3OS. The molecule has 2 N–H and O–H groups in total. The number of benzene rings is 1. The van der Waals surface area contributed by atoms with Crippen molar-refractivity contribution in [2.75, 3.05) is 17.3 Å². The molecule has 0 aliphatic heterocycles. The summed E-state index contributed by atoms with van der Waals surface area (Å²) in [6, 6.07) is 11.5. The smallest absolute Gasteiger partial charge is 0.319 e. The first-order valence-corrected chi connectivity index (χ1v) is 8.19. The van der Waals surface area contributed by atoms with E-state index in [0.717, 1.165) is 23.4 Å². The van der Waals surface area contributed by atoms with Crippen LogP contribution in [0.15, 0.2) is 48.8 Å². The molecule has 110 valence electrons. The summed E-state index contributed by atoms with van der Waals surface area (Å²) >= 11 is 1.83. The molecule has 4 nitrogen and oxygen atoms in total. The van der Waals surface area contributed by atoms with Gasteiger partial charge in [-0.3, -0.25) is 4.98 Å². The maximum absolute atomic E-state index is 11.8. The summed E-state index contributed by atoms with van der Waals surface area (Å²) in [5.74, 6) is 1.11. The largest absolute Gasteiger partial charge is 0.334 e. The first-order chi connectivity index (χ1) is 10.3. The topological polar surface area (TPSA) is 54.0 Å². The Labute approximate surface area is 129 Å². The molecule has 0 saturated carbocycles. The van der Waals surface area contributed by atoms with Crippen molar-refractivity contribution in [2.24, 2.45) is 0 Å². The van der Waals surface area contributed by atoms with Gasteiger partial charge in [0.1, 0.15) is 0 Å². The quantitative estimate of drug-likeness (QED) is 0.860. The second-order valence-electron chi connectivity index (χ2n) is 4.61. The van der Waals surface area contributed by atoms with E-state index in [9.17, 15) is 4.79 Å². The molecule has 0 saturated heterocycles. The number of pyridine rings is 1. The molecule has 0 radical (unpaired) electrons. The van der Waals surface area contributed by atoms with E-state index in [2.05, 4.69) is 21.9 Å². The number of aromatic nitrogens is 1. The first-order valence-electron chi connectivity index (χ1n) is 6.79. The van der Waals surface area contributed by atoms with Crippen LogP contribution in [0.3, 0.4) is 0 Å². The van der Waals surface area contributed by atoms with Gasteiger partial charge in [0, 0.05) is 24.6 Å². The fraction of sp³-hybridized carbons (Fsp3) is 0.250. The highest BCUT2D eigenvalue weighted by atomic mass is 32.2. The van der Waals surface area contributed by atoms with Gasteiger partial charge in [0.05, 0.1) is 0 Å². The maximum Gasteiger partial charge on any atom is 0.319 e. The minimum atomic E-state index is -0.212. The molecule has 0 aliphatic rings. The van der Waals surface area contributed by atoms with E-state index in [1.165, 1.54) is 5.56 Å². The minimum absolute atomic E-state index is 0.212. The summed E-state index contributed by atoms with van der Waals surface area (Å²) in [6.45, 7) is 0.464. The van der Waals surface area contributed by atoms with Crippen molar-refractivity contribution >= 4 is 23.5 Å². The van der Waals surface area contributed by atoms with Crippen molar-refractivity contribution in [1.29, 1.82) is 0 Å². The molecule has 1 heterocycles. The third-order valence-corrected chi connectivity index (χ3v) is 3.59. The molecule has 1 aromatic heterocycles. The summed E-state index contributed by atoms with van der Waals surface area (Å²) < 4.78 is 0. The molecule has 2 aromatic rings. The molecular weight excluding hydrogens is 282 g/mol. The van der Waals surface area contributed by atoms with Gasteiger partial charge in [-0.05, 0) is 47.8 Å². The SMILES string of the molecule is CSCCc1ccc(NC(=O)NCc2cccnc2)cc1. The van der Waals surface area contributed by atoms with Crippen molar-refractivity contribution in [3.63, 3.8) is 0 Å². The molecule has 0 bridgehead atoms. The van der Waals surface area contributed by atoms with E-state index >= 15 is 0 Å². The predicted molar refractivity (Wildman–Crippen MR) is 88.6 cm³/mol. The molecule has 1 aromatic carbocycles. The van der Waals surface area contributed by atoms with Crippen LogP contribution in [-0.4, -0.2) is 23.0 Å². The monoisotopic (exact) mass is 301 g/mol. The molecule has 0 unspecified atom stereocenters. The van der Waals surface area contributed by atoms with Crippen LogP contribution in [-0.2, 0) is 13.0 Å². The van der Waals surface area contributed by atoms with E-state index in [1.807, 2.05) is 48.2 Å². The number of urea groups is 1. The van der Waals surface area contributed by atoms with Gasteiger partial charge in [0.2, 0.25) is 0 Å². The normalized spacial score (nSPS) is 10.1. The second-order valence-corrected chi connectivity index (χ2v) is 5.59. The number of thioether (sulfide) groups is 1. The van der Waals surface area contributed by atoms with E-state index in [-0.39, 0.29) is 6.03 Å². The number of hydrogen-bond acceptors (Lipinski definition) is 3. The summed E-state index contributed by atoms with van der Waals surface area (Å²) in [4.78, 5) is 15.8.